The smallest absolute Gasteiger partial charge is 0.249 e. The first-order valence-corrected chi connectivity index (χ1v) is 8.69. The van der Waals surface area contributed by atoms with Crippen molar-refractivity contribution in [2.75, 3.05) is 7.05 Å². The lowest BCUT2D eigenvalue weighted by Crippen LogP contribution is -2.57. The number of hydrogen-bond donors (Lipinski definition) is 3. The molecule has 2 aliphatic carbocycles. The summed E-state index contributed by atoms with van der Waals surface area (Å²) in [5.74, 6) is 0.936. The molecule has 0 bridgehead atoms. The van der Waals surface area contributed by atoms with Gasteiger partial charge in [0.2, 0.25) is 5.91 Å². The molecule has 7 heteroatoms. The minimum Gasteiger partial charge on any atom is -0.364 e. The van der Waals surface area contributed by atoms with E-state index in [0.29, 0.717) is 22.1 Å². The maximum absolute atomic E-state index is 12.8. The second kappa shape index (κ2) is 6.24. The number of pyridine rings is 1. The molecule has 0 spiro atoms. The molecule has 124 valence electrons. The van der Waals surface area contributed by atoms with Crippen LogP contribution in [0.3, 0.4) is 0 Å². The molecule has 2 fully saturated rings. The molecule has 1 heterocycles. The number of carbonyl (C=O) groups excluding carboxylic acids is 1. The highest BCUT2D eigenvalue weighted by Crippen LogP contribution is 2.49. The van der Waals surface area contributed by atoms with Crippen molar-refractivity contribution < 1.29 is 4.79 Å². The highest BCUT2D eigenvalue weighted by Gasteiger charge is 2.50. The highest BCUT2D eigenvalue weighted by molar-refractivity contribution is 7.80. The molecule has 1 amide bonds. The Morgan fingerprint density at radius 3 is 2.61 bits per heavy atom. The minimum atomic E-state index is -0.550. The van der Waals surface area contributed by atoms with Crippen molar-refractivity contribution in [3.63, 3.8) is 0 Å². The zero-order valence-electron chi connectivity index (χ0n) is 13.3. The molecule has 2 aliphatic rings. The lowest BCUT2D eigenvalue weighted by Gasteiger charge is -2.45. The van der Waals surface area contributed by atoms with Gasteiger partial charge in [-0.05, 0) is 61.5 Å². The number of thiocarbonyl (C=S) groups is 1. The van der Waals surface area contributed by atoms with Crippen LogP contribution in [0, 0.1) is 5.92 Å². The van der Waals surface area contributed by atoms with Gasteiger partial charge in [0.05, 0.1) is 5.41 Å². The summed E-state index contributed by atoms with van der Waals surface area (Å²) in [5, 5.41) is 3.62. The van der Waals surface area contributed by atoms with Gasteiger partial charge in [-0.2, -0.15) is 0 Å². The standard InChI is InChI=1S/C16H21ClN4OS/c1-9-7-16(8-9,14(22)20-21-15(23)18-2)11-5-12(10-3-4-10)19-13(17)6-11/h5-6,9-10H,3-4,7-8H2,1-2H3,(H,20,22)(H2,18,21,23). The predicted octanol–water partition coefficient (Wildman–Crippen LogP) is 2.41. The summed E-state index contributed by atoms with van der Waals surface area (Å²) in [4.78, 5) is 17.2. The molecule has 0 aromatic carbocycles. The lowest BCUT2D eigenvalue weighted by molar-refractivity contribution is -0.132. The van der Waals surface area contributed by atoms with Crippen molar-refractivity contribution in [2.45, 2.75) is 43.9 Å². The van der Waals surface area contributed by atoms with Crippen molar-refractivity contribution >= 4 is 34.8 Å². The van der Waals surface area contributed by atoms with Gasteiger partial charge in [-0.25, -0.2) is 4.98 Å². The molecule has 0 saturated heterocycles. The Labute approximate surface area is 146 Å². The van der Waals surface area contributed by atoms with Crippen molar-refractivity contribution in [1.29, 1.82) is 0 Å². The van der Waals surface area contributed by atoms with Crippen LogP contribution in [-0.4, -0.2) is 23.1 Å². The molecule has 0 unspecified atom stereocenters. The van der Waals surface area contributed by atoms with Crippen LogP contribution in [-0.2, 0) is 10.2 Å². The molecule has 0 atom stereocenters. The fourth-order valence-electron chi connectivity index (χ4n) is 3.36. The number of rotatable bonds is 3. The number of halogens is 1. The monoisotopic (exact) mass is 352 g/mol. The average Bonchev–Trinajstić information content (AvgIpc) is 3.32. The molecule has 1 aromatic heterocycles. The van der Waals surface area contributed by atoms with Crippen molar-refractivity contribution in [2.24, 2.45) is 5.92 Å². The van der Waals surface area contributed by atoms with E-state index in [0.717, 1.165) is 36.9 Å². The quantitative estimate of drug-likeness (QED) is 0.443. The number of aromatic nitrogens is 1. The Morgan fingerprint density at radius 2 is 2.04 bits per heavy atom. The van der Waals surface area contributed by atoms with E-state index in [1.54, 1.807) is 7.05 Å². The summed E-state index contributed by atoms with van der Waals surface area (Å²) < 4.78 is 0. The molecule has 0 radical (unpaired) electrons. The number of hydrogen-bond acceptors (Lipinski definition) is 3. The van der Waals surface area contributed by atoms with Crippen LogP contribution in [0.2, 0.25) is 5.15 Å². The van der Waals surface area contributed by atoms with E-state index in [1.165, 1.54) is 0 Å². The van der Waals surface area contributed by atoms with E-state index in [2.05, 4.69) is 34.1 Å². The van der Waals surface area contributed by atoms with Crippen molar-refractivity contribution in [1.82, 2.24) is 21.2 Å². The maximum Gasteiger partial charge on any atom is 0.249 e. The van der Waals surface area contributed by atoms with Crippen molar-refractivity contribution in [3.05, 3.63) is 28.5 Å². The number of hydrazine groups is 1. The van der Waals surface area contributed by atoms with Crippen LogP contribution >= 0.6 is 23.8 Å². The molecule has 3 N–H and O–H groups in total. The molecule has 0 aliphatic heterocycles. The number of amides is 1. The van der Waals surface area contributed by atoms with Crippen LogP contribution in [0.15, 0.2) is 12.1 Å². The Balaban J connectivity index is 1.86. The second-order valence-corrected chi connectivity index (χ2v) is 7.43. The second-order valence-electron chi connectivity index (χ2n) is 6.63. The third-order valence-electron chi connectivity index (χ3n) is 4.71. The largest absolute Gasteiger partial charge is 0.364 e. The summed E-state index contributed by atoms with van der Waals surface area (Å²) in [7, 11) is 1.70. The molecule has 2 saturated carbocycles. The lowest BCUT2D eigenvalue weighted by atomic mass is 9.58. The number of carbonyl (C=O) groups is 1. The average molecular weight is 353 g/mol. The van der Waals surface area contributed by atoms with Crippen LogP contribution < -0.4 is 16.2 Å². The van der Waals surface area contributed by atoms with Gasteiger partial charge in [0, 0.05) is 18.7 Å². The third kappa shape index (κ3) is 3.28. The van der Waals surface area contributed by atoms with E-state index >= 15 is 0 Å². The Morgan fingerprint density at radius 1 is 1.35 bits per heavy atom. The number of nitrogens with zero attached hydrogens (tertiary/aromatic N) is 1. The van der Waals surface area contributed by atoms with Crippen LogP contribution in [0.1, 0.15) is 49.8 Å². The van der Waals surface area contributed by atoms with E-state index in [1.807, 2.05) is 6.07 Å². The van der Waals surface area contributed by atoms with Gasteiger partial charge >= 0.3 is 0 Å². The van der Waals surface area contributed by atoms with Gasteiger partial charge in [-0.15, -0.1) is 0 Å². The van der Waals surface area contributed by atoms with Gasteiger partial charge in [-0.1, -0.05) is 18.5 Å². The Bertz CT molecular complexity index is 641. The SMILES string of the molecule is CNC(=S)NNC(=O)C1(c2cc(Cl)nc(C3CC3)c2)CC(C)C1. The third-order valence-corrected chi connectivity index (χ3v) is 5.21. The summed E-state index contributed by atoms with van der Waals surface area (Å²) in [6.07, 6.45) is 3.91. The number of nitrogens with one attached hydrogen (secondary N) is 3. The highest BCUT2D eigenvalue weighted by atomic mass is 35.5. The zero-order chi connectivity index (χ0) is 16.6. The van der Waals surface area contributed by atoms with Gasteiger partial charge in [0.25, 0.3) is 0 Å². The van der Waals surface area contributed by atoms with E-state index in [9.17, 15) is 4.79 Å². The van der Waals surface area contributed by atoms with E-state index in [4.69, 9.17) is 23.8 Å². The summed E-state index contributed by atoms with van der Waals surface area (Å²) >= 11 is 11.2. The molecule has 5 nitrogen and oxygen atoms in total. The summed E-state index contributed by atoms with van der Waals surface area (Å²) in [6, 6.07) is 3.89. The molecule has 23 heavy (non-hydrogen) atoms. The van der Waals surface area contributed by atoms with Gasteiger partial charge in [0.1, 0.15) is 5.15 Å². The fraction of sp³-hybridized carbons (Fsp3) is 0.562. The summed E-state index contributed by atoms with van der Waals surface area (Å²) in [5.41, 5.74) is 6.88. The van der Waals surface area contributed by atoms with Gasteiger partial charge < -0.3 is 5.32 Å². The first-order chi connectivity index (χ1) is 10.9. The first-order valence-electron chi connectivity index (χ1n) is 7.91. The molecule has 1 aromatic rings. The zero-order valence-corrected chi connectivity index (χ0v) is 14.9. The van der Waals surface area contributed by atoms with Gasteiger partial charge in [-0.3, -0.25) is 15.6 Å². The minimum absolute atomic E-state index is 0.0720. The predicted molar refractivity (Wildman–Crippen MR) is 94.2 cm³/mol. The van der Waals surface area contributed by atoms with Crippen LogP contribution in [0.5, 0.6) is 0 Å². The van der Waals surface area contributed by atoms with Crippen LogP contribution in [0.4, 0.5) is 0 Å². The Kier molecular flexibility index (Phi) is 4.47. The van der Waals surface area contributed by atoms with Crippen LogP contribution in [0.25, 0.3) is 0 Å². The maximum atomic E-state index is 12.8. The topological polar surface area (TPSA) is 66.0 Å². The fourth-order valence-corrected chi connectivity index (χ4v) is 3.63. The molecular weight excluding hydrogens is 332 g/mol. The van der Waals surface area contributed by atoms with E-state index < -0.39 is 5.41 Å². The molecular formula is C16H21ClN4OS. The Hall–Kier alpha value is -1.40. The van der Waals surface area contributed by atoms with E-state index in [-0.39, 0.29) is 5.91 Å². The summed E-state index contributed by atoms with van der Waals surface area (Å²) in [6.45, 7) is 2.15. The normalized spacial score (nSPS) is 26.1. The van der Waals surface area contributed by atoms with Crippen molar-refractivity contribution in [3.8, 4) is 0 Å². The van der Waals surface area contributed by atoms with Gasteiger partial charge in [0.15, 0.2) is 5.11 Å². The first kappa shape index (κ1) is 16.5. The molecule has 3 rings (SSSR count).